The van der Waals surface area contributed by atoms with E-state index in [1.165, 1.54) is 0 Å². The highest BCUT2D eigenvalue weighted by molar-refractivity contribution is 7.92. The number of hydrogen-bond acceptors (Lipinski definition) is 5. The van der Waals surface area contributed by atoms with Crippen LogP contribution >= 0.6 is 11.6 Å². The molecule has 4 unspecified atom stereocenters. The number of H-pyrrole nitrogens is 1. The summed E-state index contributed by atoms with van der Waals surface area (Å²) in [4.78, 5) is 0.281. The van der Waals surface area contributed by atoms with E-state index >= 15 is 0 Å². The number of aromatic nitrogens is 2. The molecule has 3 N–H and O–H groups in total. The molecule has 4 atom stereocenters. The van der Waals surface area contributed by atoms with Crippen LogP contribution in [0.25, 0.3) is 0 Å². The summed E-state index contributed by atoms with van der Waals surface area (Å²) in [6.07, 6.45) is 2.52. The molecule has 0 aliphatic carbocycles. The normalized spacial score (nSPS) is 29.8. The van der Waals surface area contributed by atoms with Gasteiger partial charge in [-0.2, -0.15) is 5.10 Å². The second-order valence-electron chi connectivity index (χ2n) is 6.44. The number of aromatic amines is 1. The van der Waals surface area contributed by atoms with Gasteiger partial charge in [0.1, 0.15) is 6.10 Å². The fourth-order valence-corrected chi connectivity index (χ4v) is 5.68. The van der Waals surface area contributed by atoms with Gasteiger partial charge in [-0.3, -0.25) is 5.10 Å². The number of hydrogen-bond donors (Lipinski definition) is 3. The summed E-state index contributed by atoms with van der Waals surface area (Å²) in [5, 5.41) is 20.7. The third kappa shape index (κ3) is 2.56. The van der Waals surface area contributed by atoms with Crippen molar-refractivity contribution in [3.05, 3.63) is 46.7 Å². The standard InChI is InChI=1S/C16H18ClN3O3S/c17-9-1-3-10(4-2-9)24(22,23)11-5-6-13-12-8-18-20-15(12)16(21)14(7-11)19-13/h1-4,8,11,13-14,16,19,21H,5-7H2,(H,18,20). The van der Waals surface area contributed by atoms with Crippen LogP contribution in [-0.2, 0) is 9.84 Å². The minimum atomic E-state index is -3.47. The van der Waals surface area contributed by atoms with Crippen LogP contribution in [0.1, 0.15) is 42.7 Å². The second kappa shape index (κ2) is 5.84. The molecule has 0 amide bonds. The van der Waals surface area contributed by atoms with Crippen LogP contribution in [0.4, 0.5) is 0 Å². The number of sulfone groups is 1. The molecule has 1 fully saturated rings. The van der Waals surface area contributed by atoms with E-state index in [0.717, 1.165) is 5.56 Å². The van der Waals surface area contributed by atoms with Gasteiger partial charge in [0.25, 0.3) is 0 Å². The lowest BCUT2D eigenvalue weighted by Gasteiger charge is -2.32. The van der Waals surface area contributed by atoms with E-state index in [0.29, 0.717) is 30.0 Å². The van der Waals surface area contributed by atoms with Crippen LogP contribution in [0.5, 0.6) is 0 Å². The zero-order valence-electron chi connectivity index (χ0n) is 12.8. The minimum Gasteiger partial charge on any atom is -0.385 e. The molecule has 2 bridgehead atoms. The highest BCUT2D eigenvalue weighted by atomic mass is 35.5. The van der Waals surface area contributed by atoms with Crippen molar-refractivity contribution in [2.75, 3.05) is 0 Å². The van der Waals surface area contributed by atoms with Crippen LogP contribution in [0.3, 0.4) is 0 Å². The van der Waals surface area contributed by atoms with Gasteiger partial charge in [0, 0.05) is 22.7 Å². The predicted molar refractivity (Wildman–Crippen MR) is 89.5 cm³/mol. The fraction of sp³-hybridized carbons (Fsp3) is 0.438. The Balaban J connectivity index is 1.65. The molecule has 2 aromatic rings. The minimum absolute atomic E-state index is 0.0255. The summed E-state index contributed by atoms with van der Waals surface area (Å²) in [6, 6.07) is 5.99. The lowest BCUT2D eigenvalue weighted by Crippen LogP contribution is -2.42. The Morgan fingerprint density at radius 2 is 1.96 bits per heavy atom. The monoisotopic (exact) mass is 367 g/mol. The van der Waals surface area contributed by atoms with Crippen molar-refractivity contribution in [2.24, 2.45) is 0 Å². The van der Waals surface area contributed by atoms with Crippen molar-refractivity contribution in [1.29, 1.82) is 0 Å². The van der Waals surface area contributed by atoms with Crippen molar-refractivity contribution >= 4 is 21.4 Å². The first-order chi connectivity index (χ1) is 11.5. The van der Waals surface area contributed by atoms with Gasteiger partial charge in [-0.25, -0.2) is 8.42 Å². The van der Waals surface area contributed by atoms with Crippen molar-refractivity contribution < 1.29 is 13.5 Å². The summed E-state index contributed by atoms with van der Waals surface area (Å²) >= 11 is 5.86. The lowest BCUT2D eigenvalue weighted by molar-refractivity contribution is 0.104. The summed E-state index contributed by atoms with van der Waals surface area (Å²) in [7, 11) is -3.47. The molecule has 8 heteroatoms. The first-order valence-electron chi connectivity index (χ1n) is 7.93. The molecule has 1 aromatic carbocycles. The highest BCUT2D eigenvalue weighted by Crippen LogP contribution is 2.40. The maximum atomic E-state index is 13.0. The van der Waals surface area contributed by atoms with Crippen molar-refractivity contribution in [3.8, 4) is 0 Å². The number of rotatable bonds is 2. The molecule has 0 spiro atoms. The number of fused-ring (bicyclic) bond motifs is 4. The molecule has 4 rings (SSSR count). The van der Waals surface area contributed by atoms with E-state index in [1.807, 2.05) is 0 Å². The topological polar surface area (TPSA) is 95.1 Å². The molecular formula is C16H18ClN3O3S. The van der Waals surface area contributed by atoms with Gasteiger partial charge in [0.2, 0.25) is 0 Å². The number of aliphatic hydroxyl groups is 1. The average Bonchev–Trinajstić information content (AvgIpc) is 2.96. The maximum absolute atomic E-state index is 13.0. The largest absolute Gasteiger partial charge is 0.385 e. The predicted octanol–water partition coefficient (Wildman–Crippen LogP) is 2.14. The number of benzene rings is 1. The summed E-state index contributed by atoms with van der Waals surface area (Å²) in [6.45, 7) is 0. The van der Waals surface area contributed by atoms with E-state index in [1.54, 1.807) is 30.5 Å². The number of nitrogens with one attached hydrogen (secondary N) is 2. The third-order valence-electron chi connectivity index (χ3n) is 5.04. The highest BCUT2D eigenvalue weighted by Gasteiger charge is 2.42. The number of nitrogens with zero attached hydrogens (tertiary/aromatic N) is 1. The van der Waals surface area contributed by atoms with E-state index in [-0.39, 0.29) is 17.0 Å². The SMILES string of the molecule is O=S(=O)(c1ccc(Cl)cc1)C1CCC2NC(C1)C(O)c1[nH]ncc12. The van der Waals surface area contributed by atoms with Gasteiger partial charge < -0.3 is 10.4 Å². The molecule has 3 heterocycles. The zero-order valence-corrected chi connectivity index (χ0v) is 14.4. The summed E-state index contributed by atoms with van der Waals surface area (Å²) in [5.74, 6) is 0. The molecule has 1 saturated heterocycles. The quantitative estimate of drug-likeness (QED) is 0.755. The maximum Gasteiger partial charge on any atom is 0.181 e. The Kier molecular flexibility index (Phi) is 3.91. The number of aliphatic hydroxyl groups excluding tert-OH is 1. The second-order valence-corrected chi connectivity index (χ2v) is 9.11. The first-order valence-corrected chi connectivity index (χ1v) is 9.86. The smallest absolute Gasteiger partial charge is 0.181 e. The van der Waals surface area contributed by atoms with Gasteiger partial charge in [0.05, 0.1) is 22.0 Å². The molecule has 1 aromatic heterocycles. The number of halogens is 1. The third-order valence-corrected chi connectivity index (χ3v) is 7.53. The van der Waals surface area contributed by atoms with E-state index < -0.39 is 21.2 Å². The van der Waals surface area contributed by atoms with Gasteiger partial charge in [-0.05, 0) is 43.5 Å². The van der Waals surface area contributed by atoms with E-state index in [4.69, 9.17) is 11.6 Å². The van der Waals surface area contributed by atoms with Gasteiger partial charge in [0.15, 0.2) is 9.84 Å². The summed E-state index contributed by atoms with van der Waals surface area (Å²) in [5.41, 5.74) is 1.64. The first kappa shape index (κ1) is 16.1. The van der Waals surface area contributed by atoms with Gasteiger partial charge in [-0.15, -0.1) is 0 Å². The average molecular weight is 368 g/mol. The molecule has 6 nitrogen and oxygen atoms in total. The van der Waals surface area contributed by atoms with Crippen LogP contribution < -0.4 is 5.32 Å². The Bertz CT molecular complexity index is 839. The van der Waals surface area contributed by atoms with Crippen LogP contribution in [0, 0.1) is 0 Å². The Labute approximate surface area is 145 Å². The van der Waals surface area contributed by atoms with Crippen LogP contribution in [-0.4, -0.2) is 35.0 Å². The van der Waals surface area contributed by atoms with Gasteiger partial charge in [-0.1, -0.05) is 11.6 Å². The fourth-order valence-electron chi connectivity index (χ4n) is 3.75. The zero-order chi connectivity index (χ0) is 16.9. The molecule has 0 saturated carbocycles. The molecule has 0 radical (unpaired) electrons. The van der Waals surface area contributed by atoms with Crippen LogP contribution in [0.15, 0.2) is 35.4 Å². The van der Waals surface area contributed by atoms with Crippen LogP contribution in [0.2, 0.25) is 5.02 Å². The van der Waals surface area contributed by atoms with Crippen molar-refractivity contribution in [1.82, 2.24) is 15.5 Å². The Morgan fingerprint density at radius 1 is 1.21 bits per heavy atom. The molecule has 2 aliphatic rings. The Hall–Kier alpha value is -1.41. The molecule has 128 valence electrons. The van der Waals surface area contributed by atoms with E-state index in [2.05, 4.69) is 15.5 Å². The Morgan fingerprint density at radius 3 is 2.71 bits per heavy atom. The summed E-state index contributed by atoms with van der Waals surface area (Å²) < 4.78 is 26.0. The molecular weight excluding hydrogens is 350 g/mol. The molecule has 24 heavy (non-hydrogen) atoms. The van der Waals surface area contributed by atoms with Gasteiger partial charge >= 0.3 is 0 Å². The van der Waals surface area contributed by atoms with Crippen molar-refractivity contribution in [2.45, 2.75) is 47.6 Å². The molecule has 2 aliphatic heterocycles. The van der Waals surface area contributed by atoms with E-state index in [9.17, 15) is 13.5 Å². The van der Waals surface area contributed by atoms with Crippen molar-refractivity contribution in [3.63, 3.8) is 0 Å². The lowest BCUT2D eigenvalue weighted by atomic mass is 9.93.